The number of benzene rings is 2. The van der Waals surface area contributed by atoms with Gasteiger partial charge in [-0.25, -0.2) is 0 Å². The second-order valence-corrected chi connectivity index (χ2v) is 6.37. The highest BCUT2D eigenvalue weighted by Gasteiger charge is 2.25. The van der Waals surface area contributed by atoms with Crippen LogP contribution in [0, 0.1) is 0 Å². The molecule has 2 heterocycles. The zero-order valence-electron chi connectivity index (χ0n) is 13.6. The number of hydrogen-bond donors (Lipinski definition) is 2. The summed E-state index contributed by atoms with van der Waals surface area (Å²) in [5.41, 5.74) is 11.1. The number of amides is 1. The molecule has 4 heteroatoms. The normalized spacial score (nSPS) is 14.2. The highest BCUT2D eigenvalue weighted by molar-refractivity contribution is 6.01. The number of carbonyl (C=O) groups excluding carboxylic acids is 1. The van der Waals surface area contributed by atoms with E-state index in [0.29, 0.717) is 13.1 Å². The third kappa shape index (κ3) is 2.59. The van der Waals surface area contributed by atoms with Crippen LogP contribution in [0.1, 0.15) is 27.0 Å². The van der Waals surface area contributed by atoms with E-state index in [-0.39, 0.29) is 5.91 Å². The molecule has 3 aromatic rings. The highest BCUT2D eigenvalue weighted by Crippen LogP contribution is 2.28. The second kappa shape index (κ2) is 6.13. The fourth-order valence-corrected chi connectivity index (χ4v) is 3.52. The topological polar surface area (TPSA) is 62.1 Å². The lowest BCUT2D eigenvalue weighted by atomic mass is 9.95. The van der Waals surface area contributed by atoms with Crippen LogP contribution >= 0.6 is 0 Å². The maximum Gasteiger partial charge on any atom is 0.254 e. The third-order valence-corrected chi connectivity index (χ3v) is 4.79. The van der Waals surface area contributed by atoms with Gasteiger partial charge >= 0.3 is 0 Å². The smallest absolute Gasteiger partial charge is 0.254 e. The van der Waals surface area contributed by atoms with Crippen molar-refractivity contribution >= 4 is 16.8 Å². The summed E-state index contributed by atoms with van der Waals surface area (Å²) in [7, 11) is 0. The van der Waals surface area contributed by atoms with Crippen molar-refractivity contribution in [2.45, 2.75) is 19.4 Å². The van der Waals surface area contributed by atoms with Crippen LogP contribution in [0.15, 0.2) is 48.7 Å². The predicted molar refractivity (Wildman–Crippen MR) is 95.9 cm³/mol. The van der Waals surface area contributed by atoms with Crippen LogP contribution in [0.2, 0.25) is 0 Å². The van der Waals surface area contributed by atoms with E-state index in [1.165, 1.54) is 11.1 Å². The number of rotatable bonds is 4. The summed E-state index contributed by atoms with van der Waals surface area (Å²) in [4.78, 5) is 18.2. The largest absolute Gasteiger partial charge is 0.361 e. The zero-order chi connectivity index (χ0) is 16.5. The maximum absolute atomic E-state index is 12.9. The van der Waals surface area contributed by atoms with Gasteiger partial charge in [-0.1, -0.05) is 30.3 Å². The fourth-order valence-electron chi connectivity index (χ4n) is 3.52. The lowest BCUT2D eigenvalue weighted by molar-refractivity contribution is 0.0727. The first kappa shape index (κ1) is 15.0. The van der Waals surface area contributed by atoms with Gasteiger partial charge in [0.1, 0.15) is 0 Å². The quantitative estimate of drug-likeness (QED) is 0.777. The highest BCUT2D eigenvalue weighted by atomic mass is 16.2. The molecule has 2 aromatic carbocycles. The summed E-state index contributed by atoms with van der Waals surface area (Å²) >= 11 is 0. The van der Waals surface area contributed by atoms with E-state index < -0.39 is 0 Å². The Morgan fingerprint density at radius 3 is 2.79 bits per heavy atom. The van der Waals surface area contributed by atoms with Crippen molar-refractivity contribution in [1.82, 2.24) is 9.88 Å². The van der Waals surface area contributed by atoms with Crippen molar-refractivity contribution < 1.29 is 4.79 Å². The molecule has 0 fully saturated rings. The molecule has 0 saturated carbocycles. The van der Waals surface area contributed by atoms with Crippen molar-refractivity contribution in [1.29, 1.82) is 0 Å². The molecule has 1 aromatic heterocycles. The molecule has 1 amide bonds. The van der Waals surface area contributed by atoms with Gasteiger partial charge in [-0.3, -0.25) is 4.79 Å². The minimum absolute atomic E-state index is 0.127. The lowest BCUT2D eigenvalue weighted by Crippen LogP contribution is -2.37. The molecule has 0 bridgehead atoms. The Hall–Kier alpha value is -2.59. The lowest BCUT2D eigenvalue weighted by Gasteiger charge is -2.29. The predicted octanol–water partition coefficient (Wildman–Crippen LogP) is 2.87. The minimum Gasteiger partial charge on any atom is -0.361 e. The molecule has 122 valence electrons. The number of aromatic amines is 1. The van der Waals surface area contributed by atoms with Crippen LogP contribution in [0.3, 0.4) is 0 Å². The summed E-state index contributed by atoms with van der Waals surface area (Å²) in [6, 6.07) is 14.3. The Morgan fingerprint density at radius 1 is 1.17 bits per heavy atom. The van der Waals surface area contributed by atoms with E-state index in [1.54, 1.807) is 0 Å². The van der Waals surface area contributed by atoms with Gasteiger partial charge in [-0.05, 0) is 48.2 Å². The number of H-pyrrole nitrogens is 1. The van der Waals surface area contributed by atoms with E-state index in [2.05, 4.69) is 23.2 Å². The van der Waals surface area contributed by atoms with Crippen molar-refractivity contribution in [3.8, 4) is 0 Å². The van der Waals surface area contributed by atoms with Crippen LogP contribution in [0.5, 0.6) is 0 Å². The Morgan fingerprint density at radius 2 is 2.00 bits per heavy atom. The number of nitrogens with zero attached hydrogens (tertiary/aromatic N) is 1. The van der Waals surface area contributed by atoms with Crippen molar-refractivity contribution in [3.63, 3.8) is 0 Å². The van der Waals surface area contributed by atoms with Gasteiger partial charge in [0.25, 0.3) is 5.91 Å². The number of nitrogens with two attached hydrogens (primary N) is 1. The molecule has 4 rings (SSSR count). The standard InChI is InChI=1S/C20H21N3O/c21-8-6-16-12-22-19-10-15-7-9-23(13-14-4-2-1-3-5-14)20(24)18(15)11-17(16)19/h1-5,10-12,22H,6-9,13,21H2. The molecular formula is C20H21N3O. The van der Waals surface area contributed by atoms with E-state index in [0.717, 1.165) is 41.4 Å². The third-order valence-electron chi connectivity index (χ3n) is 4.79. The first-order chi connectivity index (χ1) is 11.8. The van der Waals surface area contributed by atoms with Crippen LogP contribution in [0.4, 0.5) is 0 Å². The van der Waals surface area contributed by atoms with E-state index >= 15 is 0 Å². The van der Waals surface area contributed by atoms with Crippen molar-refractivity contribution in [3.05, 3.63) is 70.9 Å². The van der Waals surface area contributed by atoms with E-state index in [9.17, 15) is 4.79 Å². The SMILES string of the molecule is NCCc1c[nH]c2cc3c(cc12)C(=O)N(Cc1ccccc1)CC3. The average molecular weight is 319 g/mol. The Kier molecular flexibility index (Phi) is 3.82. The molecule has 4 nitrogen and oxygen atoms in total. The molecule has 0 aliphatic carbocycles. The first-order valence-electron chi connectivity index (χ1n) is 8.42. The van der Waals surface area contributed by atoms with E-state index in [1.807, 2.05) is 35.4 Å². The fraction of sp³-hybridized carbons (Fsp3) is 0.250. The number of aromatic nitrogens is 1. The number of hydrogen-bond acceptors (Lipinski definition) is 2. The van der Waals surface area contributed by atoms with Gasteiger partial charge in [0.2, 0.25) is 0 Å². The first-order valence-corrected chi connectivity index (χ1v) is 8.42. The molecule has 0 atom stereocenters. The van der Waals surface area contributed by atoms with Crippen molar-refractivity contribution in [2.24, 2.45) is 5.73 Å². The Labute approximate surface area is 141 Å². The van der Waals surface area contributed by atoms with Gasteiger partial charge < -0.3 is 15.6 Å². The van der Waals surface area contributed by atoms with E-state index in [4.69, 9.17) is 5.73 Å². The average Bonchev–Trinajstić information content (AvgIpc) is 3.00. The molecule has 0 radical (unpaired) electrons. The molecule has 24 heavy (non-hydrogen) atoms. The molecule has 0 spiro atoms. The summed E-state index contributed by atoms with van der Waals surface area (Å²) < 4.78 is 0. The van der Waals surface area contributed by atoms with Gasteiger partial charge in [0.15, 0.2) is 0 Å². The Balaban J connectivity index is 1.68. The number of nitrogens with one attached hydrogen (secondary N) is 1. The summed E-state index contributed by atoms with van der Waals surface area (Å²) in [5, 5.41) is 1.12. The summed E-state index contributed by atoms with van der Waals surface area (Å²) in [5.74, 6) is 0.127. The number of carbonyl (C=O) groups is 1. The Bertz CT molecular complexity index is 883. The summed E-state index contributed by atoms with van der Waals surface area (Å²) in [6.45, 7) is 2.04. The van der Waals surface area contributed by atoms with Crippen LogP contribution < -0.4 is 5.73 Å². The van der Waals surface area contributed by atoms with Crippen LogP contribution in [0.25, 0.3) is 10.9 Å². The monoisotopic (exact) mass is 319 g/mol. The zero-order valence-corrected chi connectivity index (χ0v) is 13.6. The molecule has 3 N–H and O–H groups in total. The van der Waals surface area contributed by atoms with Crippen LogP contribution in [-0.2, 0) is 19.4 Å². The van der Waals surface area contributed by atoms with Gasteiger partial charge in [-0.2, -0.15) is 0 Å². The summed E-state index contributed by atoms with van der Waals surface area (Å²) in [6.07, 6.45) is 3.73. The van der Waals surface area contributed by atoms with Gasteiger partial charge in [0.05, 0.1) is 0 Å². The van der Waals surface area contributed by atoms with Crippen LogP contribution in [-0.4, -0.2) is 28.9 Å². The molecule has 1 aliphatic heterocycles. The van der Waals surface area contributed by atoms with Gasteiger partial charge in [-0.15, -0.1) is 0 Å². The van der Waals surface area contributed by atoms with Crippen molar-refractivity contribution in [2.75, 3.05) is 13.1 Å². The number of fused-ring (bicyclic) bond motifs is 2. The second-order valence-electron chi connectivity index (χ2n) is 6.37. The molecule has 1 aliphatic rings. The molecule has 0 saturated heterocycles. The van der Waals surface area contributed by atoms with Gasteiger partial charge in [0, 0.05) is 35.8 Å². The molecule has 0 unspecified atom stereocenters. The molecular weight excluding hydrogens is 298 g/mol. The minimum atomic E-state index is 0.127. The maximum atomic E-state index is 12.9.